The molecule has 2 N–H and O–H groups in total. The number of hydrogen-bond donors (Lipinski definition) is 2. The summed E-state index contributed by atoms with van der Waals surface area (Å²) in [6.45, 7) is 7.01. The number of hydrogen-bond acceptors (Lipinski definition) is 2. The van der Waals surface area contributed by atoms with Gasteiger partial charge < -0.3 is 10.2 Å². The first-order valence-electron chi connectivity index (χ1n) is 5.26. The van der Waals surface area contributed by atoms with Crippen molar-refractivity contribution in [3.05, 3.63) is 23.8 Å². The van der Waals surface area contributed by atoms with Crippen LogP contribution < -0.4 is 0 Å². The molecule has 4 heteroatoms. The van der Waals surface area contributed by atoms with Crippen LogP contribution in [0.25, 0.3) is 0 Å². The van der Waals surface area contributed by atoms with Gasteiger partial charge in [0.05, 0.1) is 0 Å². The van der Waals surface area contributed by atoms with Gasteiger partial charge in [-0.3, -0.25) is 0 Å². The third-order valence-electron chi connectivity index (χ3n) is 2.35. The van der Waals surface area contributed by atoms with Crippen molar-refractivity contribution in [1.82, 2.24) is 0 Å². The van der Waals surface area contributed by atoms with Crippen LogP contribution in [0, 0.1) is 5.92 Å². The van der Waals surface area contributed by atoms with Gasteiger partial charge in [-0.25, -0.2) is 9.59 Å². The van der Waals surface area contributed by atoms with Gasteiger partial charge in [-0.15, -0.1) is 0 Å². The standard InChI is InChI=1S/C12H18O4/c1-4-5-6-10(12(15)16)7-8(2)9(3)11(13)14/h7-8H,3-6H2,1-2H3,(H,13,14)(H,15,16). The Morgan fingerprint density at radius 3 is 2.25 bits per heavy atom. The minimum Gasteiger partial charge on any atom is -0.478 e. The van der Waals surface area contributed by atoms with Gasteiger partial charge in [-0.05, 0) is 12.8 Å². The Morgan fingerprint density at radius 1 is 1.31 bits per heavy atom. The SMILES string of the molecule is C=C(C(=O)O)C(C)C=C(CCCC)C(=O)O. The second-order valence-electron chi connectivity index (χ2n) is 3.72. The molecule has 0 saturated heterocycles. The molecule has 0 aliphatic heterocycles. The summed E-state index contributed by atoms with van der Waals surface area (Å²) in [5.41, 5.74) is 0.270. The van der Waals surface area contributed by atoms with E-state index in [1.54, 1.807) is 6.92 Å². The van der Waals surface area contributed by atoms with Crippen LogP contribution in [-0.2, 0) is 9.59 Å². The van der Waals surface area contributed by atoms with Crippen LogP contribution in [-0.4, -0.2) is 22.2 Å². The fraction of sp³-hybridized carbons (Fsp3) is 0.500. The highest BCUT2D eigenvalue weighted by Crippen LogP contribution is 2.16. The van der Waals surface area contributed by atoms with Crippen molar-refractivity contribution in [2.75, 3.05) is 0 Å². The predicted molar refractivity (Wildman–Crippen MR) is 61.2 cm³/mol. The number of carboxylic acid groups (broad SMARTS) is 2. The van der Waals surface area contributed by atoms with Crippen molar-refractivity contribution in [2.45, 2.75) is 33.1 Å². The molecular formula is C12H18O4. The summed E-state index contributed by atoms with van der Waals surface area (Å²) in [6, 6.07) is 0. The molecule has 16 heavy (non-hydrogen) atoms. The Labute approximate surface area is 95.3 Å². The third kappa shape index (κ3) is 4.77. The normalized spacial score (nSPS) is 13.2. The highest BCUT2D eigenvalue weighted by atomic mass is 16.4. The molecule has 0 amide bonds. The second kappa shape index (κ2) is 6.82. The molecule has 0 aromatic rings. The number of aliphatic carboxylic acids is 2. The average molecular weight is 226 g/mol. The van der Waals surface area contributed by atoms with Crippen LogP contribution in [0.1, 0.15) is 33.1 Å². The monoisotopic (exact) mass is 226 g/mol. The van der Waals surface area contributed by atoms with Crippen LogP contribution in [0.15, 0.2) is 23.8 Å². The van der Waals surface area contributed by atoms with Gasteiger partial charge in [-0.1, -0.05) is 32.9 Å². The first-order valence-corrected chi connectivity index (χ1v) is 5.26. The Balaban J connectivity index is 4.71. The van der Waals surface area contributed by atoms with Crippen LogP contribution in [0.5, 0.6) is 0 Å². The zero-order valence-electron chi connectivity index (χ0n) is 9.69. The molecule has 0 fully saturated rings. The molecule has 0 aromatic carbocycles. The number of carboxylic acids is 2. The summed E-state index contributed by atoms with van der Waals surface area (Å²) in [7, 11) is 0. The molecule has 90 valence electrons. The molecule has 0 aliphatic rings. The van der Waals surface area contributed by atoms with E-state index >= 15 is 0 Å². The molecule has 0 spiro atoms. The molecular weight excluding hydrogens is 208 g/mol. The summed E-state index contributed by atoms with van der Waals surface area (Å²) < 4.78 is 0. The quantitative estimate of drug-likeness (QED) is 0.654. The first-order chi connectivity index (χ1) is 7.40. The van der Waals surface area contributed by atoms with Crippen molar-refractivity contribution in [3.63, 3.8) is 0 Å². The minimum absolute atomic E-state index is 0.00949. The largest absolute Gasteiger partial charge is 0.478 e. The van der Waals surface area contributed by atoms with E-state index in [9.17, 15) is 9.59 Å². The summed E-state index contributed by atoms with van der Waals surface area (Å²) in [5.74, 6) is -2.54. The van der Waals surface area contributed by atoms with Gasteiger partial charge in [0.25, 0.3) is 0 Å². The Bertz CT molecular complexity index is 315. The van der Waals surface area contributed by atoms with Crippen LogP contribution >= 0.6 is 0 Å². The molecule has 0 rings (SSSR count). The maximum absolute atomic E-state index is 10.9. The summed E-state index contributed by atoms with van der Waals surface area (Å²) in [6.07, 6.45) is 3.61. The van der Waals surface area contributed by atoms with Crippen molar-refractivity contribution < 1.29 is 19.8 Å². The van der Waals surface area contributed by atoms with Crippen molar-refractivity contribution in [2.24, 2.45) is 5.92 Å². The molecule has 1 atom stereocenters. The fourth-order valence-corrected chi connectivity index (χ4v) is 1.23. The lowest BCUT2D eigenvalue weighted by atomic mass is 9.97. The second-order valence-corrected chi connectivity index (χ2v) is 3.72. The summed E-state index contributed by atoms with van der Waals surface area (Å²) in [5, 5.41) is 17.6. The predicted octanol–water partition coefficient (Wildman–Crippen LogP) is 2.46. The first kappa shape index (κ1) is 14.4. The average Bonchev–Trinajstić information content (AvgIpc) is 2.21. The Hall–Kier alpha value is -1.58. The Kier molecular flexibility index (Phi) is 6.15. The molecule has 0 heterocycles. The van der Waals surface area contributed by atoms with Gasteiger partial charge in [0.1, 0.15) is 0 Å². The van der Waals surface area contributed by atoms with Crippen LogP contribution in [0.3, 0.4) is 0 Å². The molecule has 0 aromatic heterocycles. The fourth-order valence-electron chi connectivity index (χ4n) is 1.23. The van der Waals surface area contributed by atoms with E-state index in [2.05, 4.69) is 6.58 Å². The maximum atomic E-state index is 10.9. The zero-order valence-corrected chi connectivity index (χ0v) is 9.69. The van der Waals surface area contributed by atoms with E-state index in [-0.39, 0.29) is 11.1 Å². The van der Waals surface area contributed by atoms with Crippen LogP contribution in [0.4, 0.5) is 0 Å². The van der Waals surface area contributed by atoms with Crippen molar-refractivity contribution in [1.29, 1.82) is 0 Å². The van der Waals surface area contributed by atoms with Crippen molar-refractivity contribution >= 4 is 11.9 Å². The number of carbonyl (C=O) groups is 2. The lowest BCUT2D eigenvalue weighted by Crippen LogP contribution is -2.09. The van der Waals surface area contributed by atoms with E-state index in [1.807, 2.05) is 6.92 Å². The maximum Gasteiger partial charge on any atom is 0.331 e. The van der Waals surface area contributed by atoms with Gasteiger partial charge in [0, 0.05) is 17.1 Å². The minimum atomic E-state index is -1.09. The van der Waals surface area contributed by atoms with E-state index in [0.717, 1.165) is 12.8 Å². The molecule has 0 saturated carbocycles. The van der Waals surface area contributed by atoms with Gasteiger partial charge in [0.2, 0.25) is 0 Å². The topological polar surface area (TPSA) is 74.6 Å². The smallest absolute Gasteiger partial charge is 0.331 e. The molecule has 4 nitrogen and oxygen atoms in total. The van der Waals surface area contributed by atoms with Gasteiger partial charge >= 0.3 is 11.9 Å². The van der Waals surface area contributed by atoms with Gasteiger partial charge in [0.15, 0.2) is 0 Å². The van der Waals surface area contributed by atoms with Crippen molar-refractivity contribution in [3.8, 4) is 0 Å². The number of unbranched alkanes of at least 4 members (excludes halogenated alkanes) is 1. The number of rotatable bonds is 7. The third-order valence-corrected chi connectivity index (χ3v) is 2.35. The highest BCUT2D eigenvalue weighted by molar-refractivity contribution is 5.89. The number of allylic oxidation sites excluding steroid dienone is 1. The molecule has 1 unspecified atom stereocenters. The summed E-state index contributed by atoms with van der Waals surface area (Å²) in [4.78, 5) is 21.5. The van der Waals surface area contributed by atoms with E-state index in [0.29, 0.717) is 6.42 Å². The zero-order chi connectivity index (χ0) is 12.7. The lowest BCUT2D eigenvalue weighted by Gasteiger charge is -2.08. The molecule has 0 bridgehead atoms. The van der Waals surface area contributed by atoms with E-state index in [1.165, 1.54) is 6.08 Å². The lowest BCUT2D eigenvalue weighted by molar-refractivity contribution is -0.134. The van der Waals surface area contributed by atoms with E-state index in [4.69, 9.17) is 10.2 Å². The van der Waals surface area contributed by atoms with Crippen LogP contribution in [0.2, 0.25) is 0 Å². The molecule has 0 radical (unpaired) electrons. The summed E-state index contributed by atoms with van der Waals surface area (Å²) >= 11 is 0. The van der Waals surface area contributed by atoms with E-state index < -0.39 is 17.9 Å². The van der Waals surface area contributed by atoms with Gasteiger partial charge in [-0.2, -0.15) is 0 Å². The Morgan fingerprint density at radius 2 is 1.88 bits per heavy atom. The highest BCUT2D eigenvalue weighted by Gasteiger charge is 2.14. The molecule has 0 aliphatic carbocycles.